The molecule has 1 saturated heterocycles. The third kappa shape index (κ3) is 2.69. The van der Waals surface area contributed by atoms with Crippen LogP contribution in [-0.2, 0) is 4.79 Å². The first-order chi connectivity index (χ1) is 9.91. The van der Waals surface area contributed by atoms with E-state index in [2.05, 4.69) is 24.5 Å². The summed E-state index contributed by atoms with van der Waals surface area (Å²) in [7, 11) is 0. The van der Waals surface area contributed by atoms with Gasteiger partial charge in [0.05, 0.1) is 5.41 Å². The average molecular weight is 327 g/mol. The van der Waals surface area contributed by atoms with E-state index >= 15 is 0 Å². The fourth-order valence-electron chi connectivity index (χ4n) is 7.01. The van der Waals surface area contributed by atoms with Gasteiger partial charge in [-0.05, 0) is 74.7 Å². The van der Waals surface area contributed by atoms with E-state index < -0.39 is 0 Å². The molecule has 4 aliphatic carbocycles. The number of rotatable bonds is 2. The first kappa shape index (κ1) is 16.6. The molecule has 0 aromatic rings. The Kier molecular flexibility index (Phi) is 4.05. The Morgan fingerprint density at radius 3 is 2.32 bits per heavy atom. The van der Waals surface area contributed by atoms with E-state index in [1.807, 2.05) is 0 Å². The minimum atomic E-state index is -0.0413. The van der Waals surface area contributed by atoms with E-state index in [0.29, 0.717) is 22.8 Å². The predicted molar refractivity (Wildman–Crippen MR) is 91.1 cm³/mol. The van der Waals surface area contributed by atoms with Crippen molar-refractivity contribution in [3.8, 4) is 0 Å². The van der Waals surface area contributed by atoms with Gasteiger partial charge in [-0.25, -0.2) is 0 Å². The maximum Gasteiger partial charge on any atom is 0.226 e. The van der Waals surface area contributed by atoms with Crippen molar-refractivity contribution in [1.82, 2.24) is 10.6 Å². The highest BCUT2D eigenvalue weighted by atomic mass is 35.5. The van der Waals surface area contributed by atoms with Crippen LogP contribution in [0.15, 0.2) is 0 Å². The second kappa shape index (κ2) is 5.37. The molecule has 0 spiro atoms. The van der Waals surface area contributed by atoms with Gasteiger partial charge < -0.3 is 10.6 Å². The summed E-state index contributed by atoms with van der Waals surface area (Å²) in [5.41, 5.74) is 0.813. The molecular weight excluding hydrogens is 296 g/mol. The van der Waals surface area contributed by atoms with Crippen LogP contribution in [0.3, 0.4) is 0 Å². The third-order valence-corrected chi connectivity index (χ3v) is 6.74. The molecule has 5 fully saturated rings. The number of nitrogens with one attached hydrogen (secondary N) is 2. The van der Waals surface area contributed by atoms with Crippen molar-refractivity contribution in [1.29, 1.82) is 0 Å². The summed E-state index contributed by atoms with van der Waals surface area (Å²) in [6.45, 7) is 6.95. The molecule has 1 heterocycles. The summed E-state index contributed by atoms with van der Waals surface area (Å²) < 4.78 is 0. The maximum absolute atomic E-state index is 13.1. The van der Waals surface area contributed by atoms with Crippen molar-refractivity contribution in [2.75, 3.05) is 13.1 Å². The molecule has 0 aromatic heterocycles. The molecule has 3 unspecified atom stereocenters. The summed E-state index contributed by atoms with van der Waals surface area (Å²) >= 11 is 0. The molecule has 1 aliphatic heterocycles. The van der Waals surface area contributed by atoms with Gasteiger partial charge in [0, 0.05) is 12.6 Å². The first-order valence-electron chi connectivity index (χ1n) is 8.92. The van der Waals surface area contributed by atoms with Gasteiger partial charge >= 0.3 is 0 Å². The zero-order valence-corrected chi connectivity index (χ0v) is 14.9. The van der Waals surface area contributed by atoms with E-state index in [1.165, 1.54) is 25.7 Å². The van der Waals surface area contributed by atoms with Crippen LogP contribution in [0, 0.1) is 22.2 Å². The molecule has 5 rings (SSSR count). The molecule has 4 heteroatoms. The van der Waals surface area contributed by atoms with Crippen LogP contribution in [-0.4, -0.2) is 25.0 Å². The van der Waals surface area contributed by atoms with Crippen molar-refractivity contribution in [2.45, 2.75) is 71.3 Å². The Morgan fingerprint density at radius 1 is 1.09 bits per heavy atom. The molecule has 3 atom stereocenters. The van der Waals surface area contributed by atoms with Crippen molar-refractivity contribution in [3.63, 3.8) is 0 Å². The van der Waals surface area contributed by atoms with Crippen LogP contribution in [0.2, 0.25) is 0 Å². The van der Waals surface area contributed by atoms with Crippen LogP contribution >= 0.6 is 12.4 Å². The zero-order valence-electron chi connectivity index (χ0n) is 14.0. The Bertz CT molecular complexity index is 442. The van der Waals surface area contributed by atoms with E-state index in [9.17, 15) is 4.79 Å². The average Bonchev–Trinajstić information content (AvgIpc) is 2.35. The van der Waals surface area contributed by atoms with E-state index in [-0.39, 0.29) is 17.8 Å². The summed E-state index contributed by atoms with van der Waals surface area (Å²) in [6.07, 6.45) is 9.84. The quantitative estimate of drug-likeness (QED) is 0.817. The monoisotopic (exact) mass is 326 g/mol. The Hall–Kier alpha value is -0.280. The fourth-order valence-corrected chi connectivity index (χ4v) is 7.01. The molecule has 0 radical (unpaired) electrons. The standard InChI is InChI=1S/C18H30N2O.ClH/c1-16-6-13-7-17(2,10-16)12-18(8-13,11-16)15(21)20-14-4-3-5-19-9-14;/h13-14,19H,3-12H2,1-2H3,(H,20,21);1H. The lowest BCUT2D eigenvalue weighted by molar-refractivity contribution is -0.170. The molecule has 5 aliphatic rings. The van der Waals surface area contributed by atoms with E-state index in [1.54, 1.807) is 0 Å². The molecule has 22 heavy (non-hydrogen) atoms. The lowest BCUT2D eigenvalue weighted by Gasteiger charge is -2.64. The van der Waals surface area contributed by atoms with Crippen molar-refractivity contribution in [2.24, 2.45) is 22.2 Å². The highest BCUT2D eigenvalue weighted by Crippen LogP contribution is 2.69. The third-order valence-electron chi connectivity index (χ3n) is 6.74. The fraction of sp³-hybridized carbons (Fsp3) is 0.944. The smallest absolute Gasteiger partial charge is 0.226 e. The largest absolute Gasteiger partial charge is 0.352 e. The van der Waals surface area contributed by atoms with Crippen LogP contribution in [0.25, 0.3) is 0 Å². The number of piperidine rings is 1. The first-order valence-corrected chi connectivity index (χ1v) is 8.92. The molecular formula is C18H31ClN2O. The highest BCUT2D eigenvalue weighted by molar-refractivity contribution is 5.85. The number of amides is 1. The number of carbonyl (C=O) groups is 1. The Labute approximate surface area is 140 Å². The molecule has 0 aromatic carbocycles. The van der Waals surface area contributed by atoms with Gasteiger partial charge in [0.1, 0.15) is 0 Å². The van der Waals surface area contributed by atoms with Crippen LogP contribution in [0.5, 0.6) is 0 Å². The highest BCUT2D eigenvalue weighted by Gasteiger charge is 2.62. The predicted octanol–water partition coefficient (Wildman–Crippen LogP) is 3.27. The maximum atomic E-state index is 13.1. The summed E-state index contributed by atoms with van der Waals surface area (Å²) in [5, 5.41) is 6.82. The summed E-state index contributed by atoms with van der Waals surface area (Å²) in [6, 6.07) is 0.361. The minimum absolute atomic E-state index is 0. The Balaban J connectivity index is 0.00000144. The van der Waals surface area contributed by atoms with Gasteiger partial charge in [-0.3, -0.25) is 4.79 Å². The van der Waals surface area contributed by atoms with E-state index in [0.717, 1.165) is 44.7 Å². The van der Waals surface area contributed by atoms with Gasteiger partial charge in [-0.2, -0.15) is 0 Å². The molecule has 4 saturated carbocycles. The van der Waals surface area contributed by atoms with Gasteiger partial charge in [-0.1, -0.05) is 13.8 Å². The van der Waals surface area contributed by atoms with Gasteiger partial charge in [-0.15, -0.1) is 12.4 Å². The van der Waals surface area contributed by atoms with Crippen molar-refractivity contribution < 1.29 is 4.79 Å². The lowest BCUT2D eigenvalue weighted by Crippen LogP contribution is -2.61. The molecule has 3 nitrogen and oxygen atoms in total. The van der Waals surface area contributed by atoms with Crippen LogP contribution in [0.1, 0.15) is 65.2 Å². The van der Waals surface area contributed by atoms with Crippen LogP contribution < -0.4 is 10.6 Å². The zero-order chi connectivity index (χ0) is 14.7. The SMILES string of the molecule is CC12CC3CC(C)(C1)CC(C(=O)NC1CCCNC1)(C3)C2.Cl. The van der Waals surface area contributed by atoms with Crippen molar-refractivity contribution in [3.05, 3.63) is 0 Å². The second-order valence-corrected chi connectivity index (χ2v) is 9.43. The second-order valence-electron chi connectivity index (χ2n) is 9.43. The molecule has 126 valence electrons. The lowest BCUT2D eigenvalue weighted by atomic mass is 9.40. The summed E-state index contributed by atoms with van der Waals surface area (Å²) in [4.78, 5) is 13.1. The number of halogens is 1. The van der Waals surface area contributed by atoms with Gasteiger partial charge in [0.2, 0.25) is 5.91 Å². The number of carbonyl (C=O) groups excluding carboxylic acids is 1. The Morgan fingerprint density at radius 2 is 1.77 bits per heavy atom. The van der Waals surface area contributed by atoms with Gasteiger partial charge in [0.15, 0.2) is 0 Å². The molecule has 4 bridgehead atoms. The summed E-state index contributed by atoms with van der Waals surface area (Å²) in [5.74, 6) is 1.18. The van der Waals surface area contributed by atoms with Crippen molar-refractivity contribution >= 4 is 18.3 Å². The van der Waals surface area contributed by atoms with E-state index in [4.69, 9.17) is 0 Å². The van der Waals surface area contributed by atoms with Gasteiger partial charge in [0.25, 0.3) is 0 Å². The number of hydrogen-bond acceptors (Lipinski definition) is 2. The normalized spacial score (nSPS) is 49.5. The topological polar surface area (TPSA) is 41.1 Å². The van der Waals surface area contributed by atoms with Crippen LogP contribution in [0.4, 0.5) is 0 Å². The minimum Gasteiger partial charge on any atom is -0.352 e. The number of hydrogen-bond donors (Lipinski definition) is 2. The molecule has 2 N–H and O–H groups in total. The molecule has 1 amide bonds.